The fourth-order valence-electron chi connectivity index (χ4n) is 3.79. The highest BCUT2D eigenvalue weighted by Gasteiger charge is 2.25. The van der Waals surface area contributed by atoms with Gasteiger partial charge in [0.15, 0.2) is 0 Å². The molecule has 1 amide bonds. The van der Waals surface area contributed by atoms with Crippen molar-refractivity contribution in [2.45, 2.75) is 26.0 Å². The number of nitrogens with two attached hydrogens (primary N) is 1. The molecule has 0 saturated carbocycles. The Balaban J connectivity index is 1.60. The number of aromatic nitrogens is 1. The van der Waals surface area contributed by atoms with Crippen molar-refractivity contribution < 1.29 is 27.3 Å². The van der Waals surface area contributed by atoms with E-state index in [1.165, 1.54) is 26.0 Å². The summed E-state index contributed by atoms with van der Waals surface area (Å²) in [6, 6.07) is 6.41. The highest BCUT2D eigenvalue weighted by Crippen LogP contribution is 2.40. The summed E-state index contributed by atoms with van der Waals surface area (Å²) in [5, 5.41) is 13.1. The first-order valence-electron chi connectivity index (χ1n) is 11.1. The van der Waals surface area contributed by atoms with E-state index < -0.39 is 39.9 Å². The maximum Gasteiger partial charge on any atom is 0.251 e. The molecule has 0 aliphatic carbocycles. The predicted molar refractivity (Wildman–Crippen MR) is 134 cm³/mol. The Hall–Kier alpha value is -2.80. The first-order chi connectivity index (χ1) is 16.9. The Labute approximate surface area is 212 Å². The van der Waals surface area contributed by atoms with Crippen molar-refractivity contribution >= 4 is 38.9 Å². The molecule has 1 aliphatic rings. The van der Waals surface area contributed by atoms with Gasteiger partial charge in [-0.3, -0.25) is 13.9 Å². The van der Waals surface area contributed by atoms with Crippen LogP contribution in [0.5, 0.6) is 0 Å². The van der Waals surface area contributed by atoms with E-state index in [1.54, 1.807) is 6.07 Å². The van der Waals surface area contributed by atoms with Crippen LogP contribution in [0.4, 0.5) is 24.0 Å². The summed E-state index contributed by atoms with van der Waals surface area (Å²) in [6.07, 6.45) is 0. The minimum Gasteiger partial charge on any atom is -0.386 e. The highest BCUT2D eigenvalue weighted by molar-refractivity contribution is 7.85. The van der Waals surface area contributed by atoms with Crippen LogP contribution >= 0.6 is 11.3 Å². The number of carbonyl (C=O) groups excluding carboxylic acids is 1. The first-order valence-corrected chi connectivity index (χ1v) is 13.4. The number of hydrogen-bond donors (Lipinski definition) is 3. The second-order valence-electron chi connectivity index (χ2n) is 8.99. The lowest BCUT2D eigenvalue weighted by atomic mass is 9.96. The number of primary amides is 1. The van der Waals surface area contributed by atoms with Crippen molar-refractivity contribution in [1.82, 2.24) is 9.88 Å². The molecule has 3 heterocycles. The van der Waals surface area contributed by atoms with E-state index in [4.69, 9.17) is 5.73 Å². The molecular formula is C24H25F3N4O3S2. The molecule has 0 atom stereocenters. The van der Waals surface area contributed by atoms with E-state index in [1.807, 2.05) is 4.90 Å². The number of benzene rings is 1. The summed E-state index contributed by atoms with van der Waals surface area (Å²) in [5.41, 5.74) is 4.04. The van der Waals surface area contributed by atoms with Crippen molar-refractivity contribution in [3.05, 3.63) is 64.6 Å². The molecule has 1 fully saturated rings. The van der Waals surface area contributed by atoms with E-state index in [-0.39, 0.29) is 32.4 Å². The number of anilines is 2. The van der Waals surface area contributed by atoms with Crippen molar-refractivity contribution in [2.24, 2.45) is 5.73 Å². The number of pyridine rings is 1. The molecule has 0 bridgehead atoms. The topological polar surface area (TPSA) is 109 Å². The number of amides is 1. The molecule has 2 aromatic heterocycles. The van der Waals surface area contributed by atoms with Gasteiger partial charge in [0.05, 0.1) is 16.7 Å². The van der Waals surface area contributed by atoms with Crippen molar-refractivity contribution in [2.75, 3.05) is 29.9 Å². The van der Waals surface area contributed by atoms with E-state index in [9.17, 15) is 27.3 Å². The van der Waals surface area contributed by atoms with Gasteiger partial charge in [0.2, 0.25) is 5.95 Å². The summed E-state index contributed by atoms with van der Waals surface area (Å²) in [6.45, 7) is 4.35. The molecule has 4 N–H and O–H groups in total. The fourth-order valence-corrected chi connectivity index (χ4v) is 6.04. The Morgan fingerprint density at radius 3 is 2.39 bits per heavy atom. The van der Waals surface area contributed by atoms with E-state index in [2.05, 4.69) is 10.3 Å². The maximum atomic E-state index is 14.8. The largest absolute Gasteiger partial charge is 0.386 e. The number of nitrogens with zero attached hydrogens (tertiary/aromatic N) is 2. The number of nitrogens with one attached hydrogen (secondary N) is 1. The zero-order chi connectivity index (χ0) is 26.2. The summed E-state index contributed by atoms with van der Waals surface area (Å²) in [4.78, 5) is 18.0. The van der Waals surface area contributed by atoms with Crippen LogP contribution in [0.25, 0.3) is 10.4 Å². The van der Waals surface area contributed by atoms with Gasteiger partial charge in [0, 0.05) is 52.4 Å². The molecule has 7 nitrogen and oxygen atoms in total. The van der Waals surface area contributed by atoms with Gasteiger partial charge >= 0.3 is 0 Å². The molecule has 192 valence electrons. The maximum absolute atomic E-state index is 14.8. The molecule has 1 aliphatic heterocycles. The molecule has 0 spiro atoms. The Morgan fingerprint density at radius 1 is 1.19 bits per heavy atom. The number of carbonyl (C=O) groups is 1. The minimum atomic E-state index is -1.45. The van der Waals surface area contributed by atoms with E-state index in [0.29, 0.717) is 36.7 Å². The van der Waals surface area contributed by atoms with E-state index in [0.717, 1.165) is 23.5 Å². The summed E-state index contributed by atoms with van der Waals surface area (Å²) in [7, 11) is -0.833. The molecule has 4 rings (SSSR count). The highest BCUT2D eigenvalue weighted by atomic mass is 32.2. The smallest absolute Gasteiger partial charge is 0.251 e. The second kappa shape index (κ2) is 10.3. The number of thiophene rings is 1. The molecular weight excluding hydrogens is 513 g/mol. The van der Waals surface area contributed by atoms with Gasteiger partial charge in [-0.05, 0) is 49.7 Å². The van der Waals surface area contributed by atoms with Gasteiger partial charge in [0.25, 0.3) is 5.91 Å². The van der Waals surface area contributed by atoms with Crippen molar-refractivity contribution in [1.29, 1.82) is 0 Å². The average Bonchev–Trinajstić information content (AvgIpc) is 3.19. The van der Waals surface area contributed by atoms with Gasteiger partial charge in [0.1, 0.15) is 22.5 Å². The lowest BCUT2D eigenvalue weighted by molar-refractivity contribution is 0.0778. The first kappa shape index (κ1) is 26.3. The second-order valence-corrected chi connectivity index (χ2v) is 11.7. The quantitative estimate of drug-likeness (QED) is 0.394. The number of hydrogen-bond acceptors (Lipinski definition) is 7. The van der Waals surface area contributed by atoms with Gasteiger partial charge in [-0.2, -0.15) is 4.39 Å². The zero-order valence-electron chi connectivity index (χ0n) is 19.6. The predicted octanol–water partition coefficient (Wildman–Crippen LogP) is 3.86. The SMILES string of the molecule is CC(C)(O)c1cc(F)c(-c2cc(C(N)=O)c(Nc3ccc(CN4CCS(=O)CC4)c(F)n3)s2)c(F)c1. The number of rotatable bonds is 7. The Kier molecular flexibility index (Phi) is 7.51. The number of halogens is 3. The molecule has 0 radical (unpaired) electrons. The molecule has 12 heteroatoms. The Bertz CT molecular complexity index is 1310. The monoisotopic (exact) mass is 538 g/mol. The molecule has 0 unspecified atom stereocenters. The van der Waals surface area contributed by atoms with Crippen LogP contribution in [0.1, 0.15) is 35.3 Å². The van der Waals surface area contributed by atoms with Crippen LogP contribution in [-0.4, -0.2) is 49.7 Å². The third-order valence-electron chi connectivity index (χ3n) is 5.82. The van der Waals surface area contributed by atoms with Gasteiger partial charge in [-0.15, -0.1) is 11.3 Å². The molecule has 1 aromatic carbocycles. The molecule has 36 heavy (non-hydrogen) atoms. The third kappa shape index (κ3) is 5.77. The lowest BCUT2D eigenvalue weighted by Gasteiger charge is -2.26. The average molecular weight is 539 g/mol. The van der Waals surface area contributed by atoms with Crippen molar-refractivity contribution in [3.63, 3.8) is 0 Å². The third-order valence-corrected chi connectivity index (χ3v) is 8.17. The van der Waals surface area contributed by atoms with Gasteiger partial charge < -0.3 is 16.2 Å². The minimum absolute atomic E-state index is 0.0343. The fraction of sp³-hybridized carbons (Fsp3) is 0.333. The Morgan fingerprint density at radius 2 is 1.83 bits per heavy atom. The molecule has 3 aromatic rings. The lowest BCUT2D eigenvalue weighted by Crippen LogP contribution is -2.37. The van der Waals surface area contributed by atoms with Crippen LogP contribution in [0.2, 0.25) is 0 Å². The summed E-state index contributed by atoms with van der Waals surface area (Å²) < 4.78 is 55.9. The van der Waals surface area contributed by atoms with Gasteiger partial charge in [-0.1, -0.05) is 0 Å². The standard InChI is InChI=1S/C24H25F3N4O3S2/c1-24(2,33)14-9-16(25)20(17(26)10-14)18-11-15(22(28)32)23(35-18)30-19-4-3-13(21(27)29-19)12-31-5-7-36(34)8-6-31/h3-4,9-11,33H,5-8,12H2,1-2H3,(H2,28,32)(H,29,30). The van der Waals surface area contributed by atoms with Crippen molar-refractivity contribution in [3.8, 4) is 10.4 Å². The normalized spacial score (nSPS) is 15.3. The van der Waals surface area contributed by atoms with Crippen LogP contribution in [-0.2, 0) is 22.9 Å². The zero-order valence-corrected chi connectivity index (χ0v) is 21.2. The van der Waals surface area contributed by atoms with Crippen LogP contribution < -0.4 is 11.1 Å². The number of aliphatic hydroxyl groups is 1. The van der Waals surface area contributed by atoms with Crippen LogP contribution in [0, 0.1) is 17.6 Å². The molecule has 1 saturated heterocycles. The summed E-state index contributed by atoms with van der Waals surface area (Å²) in [5.74, 6) is -2.18. The van der Waals surface area contributed by atoms with Gasteiger partial charge in [-0.25, -0.2) is 13.8 Å². The van der Waals surface area contributed by atoms with Crippen LogP contribution in [0.3, 0.4) is 0 Å². The van der Waals surface area contributed by atoms with Crippen LogP contribution in [0.15, 0.2) is 30.3 Å². The van der Waals surface area contributed by atoms with E-state index >= 15 is 0 Å². The summed E-state index contributed by atoms with van der Waals surface area (Å²) >= 11 is 0.862.